The highest BCUT2D eigenvalue weighted by atomic mass is 16.1. The average molecular weight is 330 g/mol. The van der Waals surface area contributed by atoms with Crippen LogP contribution in [0.2, 0.25) is 0 Å². The maximum Gasteiger partial charge on any atom is 0.214 e. The van der Waals surface area contributed by atoms with Crippen LogP contribution in [0.4, 0.5) is 5.69 Å². The van der Waals surface area contributed by atoms with Crippen LogP contribution in [0.3, 0.4) is 0 Å². The lowest BCUT2D eigenvalue weighted by atomic mass is 9.85. The van der Waals surface area contributed by atoms with Gasteiger partial charge in [-0.15, -0.1) is 0 Å². The summed E-state index contributed by atoms with van der Waals surface area (Å²) in [5.74, 6) is 0. The van der Waals surface area contributed by atoms with Crippen molar-refractivity contribution in [1.29, 1.82) is 0 Å². The third-order valence-corrected chi connectivity index (χ3v) is 5.39. The number of para-hydroxylation sites is 1. The Labute approximate surface area is 148 Å². The Bertz CT molecular complexity index is 898. The first-order chi connectivity index (χ1) is 12.2. The monoisotopic (exact) mass is 330 g/mol. The van der Waals surface area contributed by atoms with Crippen LogP contribution in [0.15, 0.2) is 60.7 Å². The first-order valence-electron chi connectivity index (χ1n) is 8.91. The second-order valence-electron chi connectivity index (χ2n) is 6.88. The average Bonchev–Trinajstić information content (AvgIpc) is 3.14. The standard InChI is InChI=1S/C22H22N2O/c1-17-15-21(19-11-5-6-12-20(19)23-17)24(16-25)22(13-7-8-14-22)18-9-3-2-4-10-18/h2-6,9-12,15-16H,7-8,13-14H2,1H3. The quantitative estimate of drug-likeness (QED) is 0.632. The zero-order valence-corrected chi connectivity index (χ0v) is 14.5. The third kappa shape index (κ3) is 2.60. The second-order valence-corrected chi connectivity index (χ2v) is 6.88. The van der Waals surface area contributed by atoms with Gasteiger partial charge in [-0.25, -0.2) is 0 Å². The van der Waals surface area contributed by atoms with Crippen molar-refractivity contribution in [2.75, 3.05) is 4.90 Å². The zero-order chi connectivity index (χ0) is 17.3. The maximum atomic E-state index is 12.3. The van der Waals surface area contributed by atoms with Crippen LogP contribution in [0.25, 0.3) is 10.9 Å². The summed E-state index contributed by atoms with van der Waals surface area (Å²) in [6, 6.07) is 20.6. The molecule has 1 aromatic heterocycles. The van der Waals surface area contributed by atoms with E-state index in [9.17, 15) is 4.79 Å². The fourth-order valence-corrected chi connectivity index (χ4v) is 4.25. The molecule has 4 rings (SSSR count). The number of fused-ring (bicyclic) bond motifs is 1. The highest BCUT2D eigenvalue weighted by molar-refractivity contribution is 5.97. The summed E-state index contributed by atoms with van der Waals surface area (Å²) in [6.45, 7) is 1.99. The lowest BCUT2D eigenvalue weighted by Crippen LogP contribution is -2.44. The van der Waals surface area contributed by atoms with Gasteiger partial charge in [0, 0.05) is 11.1 Å². The minimum absolute atomic E-state index is 0.264. The molecule has 0 spiro atoms. The summed E-state index contributed by atoms with van der Waals surface area (Å²) in [4.78, 5) is 18.9. The number of aromatic nitrogens is 1. The predicted molar refractivity (Wildman–Crippen MR) is 102 cm³/mol. The van der Waals surface area contributed by atoms with Crippen molar-refractivity contribution in [2.45, 2.75) is 38.1 Å². The van der Waals surface area contributed by atoms with Crippen LogP contribution in [0, 0.1) is 6.92 Å². The van der Waals surface area contributed by atoms with Gasteiger partial charge in [-0.05, 0) is 37.5 Å². The summed E-state index contributed by atoms with van der Waals surface area (Å²) in [6.07, 6.45) is 5.28. The molecule has 1 aliphatic carbocycles. The topological polar surface area (TPSA) is 33.2 Å². The first-order valence-corrected chi connectivity index (χ1v) is 8.91. The molecule has 3 heteroatoms. The molecular weight excluding hydrogens is 308 g/mol. The van der Waals surface area contributed by atoms with E-state index in [0.29, 0.717) is 0 Å². The third-order valence-electron chi connectivity index (χ3n) is 5.39. The number of aryl methyl sites for hydroxylation is 1. The molecular formula is C22H22N2O. The largest absolute Gasteiger partial charge is 0.304 e. The van der Waals surface area contributed by atoms with Crippen LogP contribution < -0.4 is 4.90 Å². The molecule has 3 nitrogen and oxygen atoms in total. The molecule has 2 aromatic carbocycles. The molecule has 0 bridgehead atoms. The van der Waals surface area contributed by atoms with Gasteiger partial charge in [0.05, 0.1) is 16.7 Å². The van der Waals surface area contributed by atoms with E-state index < -0.39 is 0 Å². The molecule has 3 aromatic rings. The molecule has 0 radical (unpaired) electrons. The number of carbonyl (C=O) groups excluding carboxylic acids is 1. The van der Waals surface area contributed by atoms with Crippen molar-refractivity contribution in [3.8, 4) is 0 Å². The van der Waals surface area contributed by atoms with Gasteiger partial charge in [0.15, 0.2) is 0 Å². The lowest BCUT2D eigenvalue weighted by molar-refractivity contribution is -0.108. The van der Waals surface area contributed by atoms with E-state index >= 15 is 0 Å². The van der Waals surface area contributed by atoms with Gasteiger partial charge in [-0.3, -0.25) is 9.78 Å². The normalized spacial score (nSPS) is 16.0. The van der Waals surface area contributed by atoms with Gasteiger partial charge in [0.1, 0.15) is 0 Å². The van der Waals surface area contributed by atoms with Crippen molar-refractivity contribution in [1.82, 2.24) is 4.98 Å². The van der Waals surface area contributed by atoms with Crippen LogP contribution in [0.1, 0.15) is 36.9 Å². The number of anilines is 1. The van der Waals surface area contributed by atoms with Crippen molar-refractivity contribution >= 4 is 23.0 Å². The number of pyridine rings is 1. The lowest BCUT2D eigenvalue weighted by Gasteiger charge is -2.40. The minimum Gasteiger partial charge on any atom is -0.304 e. The second kappa shape index (κ2) is 6.32. The fourth-order valence-electron chi connectivity index (χ4n) is 4.25. The number of rotatable bonds is 4. The Morgan fingerprint density at radius 1 is 1.00 bits per heavy atom. The first kappa shape index (κ1) is 15.8. The number of amides is 1. The fraction of sp³-hybridized carbons (Fsp3) is 0.273. The minimum atomic E-state index is -0.264. The van der Waals surface area contributed by atoms with Crippen LogP contribution in [0.5, 0.6) is 0 Å². The molecule has 1 saturated carbocycles. The van der Waals surface area contributed by atoms with Crippen molar-refractivity contribution < 1.29 is 4.79 Å². The molecule has 1 fully saturated rings. The van der Waals surface area contributed by atoms with Crippen LogP contribution >= 0.6 is 0 Å². The smallest absolute Gasteiger partial charge is 0.214 e. The molecule has 126 valence electrons. The Balaban J connectivity index is 1.94. The van der Waals surface area contributed by atoms with E-state index in [0.717, 1.165) is 54.4 Å². The van der Waals surface area contributed by atoms with Crippen molar-refractivity contribution in [2.24, 2.45) is 0 Å². The highest BCUT2D eigenvalue weighted by Crippen LogP contribution is 2.46. The predicted octanol–water partition coefficient (Wildman–Crippen LogP) is 4.98. The van der Waals surface area contributed by atoms with Crippen molar-refractivity contribution in [3.63, 3.8) is 0 Å². The molecule has 0 N–H and O–H groups in total. The van der Waals surface area contributed by atoms with E-state index in [2.05, 4.69) is 35.3 Å². The zero-order valence-electron chi connectivity index (χ0n) is 14.5. The molecule has 25 heavy (non-hydrogen) atoms. The number of hydrogen-bond acceptors (Lipinski definition) is 2. The molecule has 0 unspecified atom stereocenters. The molecule has 1 heterocycles. The molecule has 1 amide bonds. The summed E-state index contributed by atoms with van der Waals surface area (Å²) >= 11 is 0. The Morgan fingerprint density at radius 3 is 2.40 bits per heavy atom. The van der Waals surface area contributed by atoms with Crippen LogP contribution in [-0.4, -0.2) is 11.4 Å². The molecule has 0 aliphatic heterocycles. The van der Waals surface area contributed by atoms with E-state index in [-0.39, 0.29) is 5.54 Å². The summed E-state index contributed by atoms with van der Waals surface area (Å²) in [5, 5.41) is 1.03. The van der Waals surface area contributed by atoms with E-state index in [1.807, 2.05) is 42.2 Å². The van der Waals surface area contributed by atoms with Gasteiger partial charge in [-0.2, -0.15) is 0 Å². The number of hydrogen-bond donors (Lipinski definition) is 0. The van der Waals surface area contributed by atoms with Gasteiger partial charge in [-0.1, -0.05) is 61.4 Å². The maximum absolute atomic E-state index is 12.3. The van der Waals surface area contributed by atoms with E-state index in [4.69, 9.17) is 0 Å². The number of nitrogens with zero attached hydrogens (tertiary/aromatic N) is 2. The Kier molecular flexibility index (Phi) is 4.00. The molecule has 0 atom stereocenters. The molecule has 1 aliphatic rings. The SMILES string of the molecule is Cc1cc(N(C=O)C2(c3ccccc3)CCCC2)c2ccccc2n1. The number of carbonyl (C=O) groups is 1. The highest BCUT2D eigenvalue weighted by Gasteiger charge is 2.42. The number of benzene rings is 2. The summed E-state index contributed by atoms with van der Waals surface area (Å²) < 4.78 is 0. The van der Waals surface area contributed by atoms with Gasteiger partial charge < -0.3 is 4.90 Å². The summed E-state index contributed by atoms with van der Waals surface area (Å²) in [5.41, 5.74) is 3.79. The van der Waals surface area contributed by atoms with E-state index in [1.165, 1.54) is 5.56 Å². The Morgan fingerprint density at radius 2 is 1.68 bits per heavy atom. The van der Waals surface area contributed by atoms with Gasteiger partial charge in [0.2, 0.25) is 6.41 Å². The summed E-state index contributed by atoms with van der Waals surface area (Å²) in [7, 11) is 0. The van der Waals surface area contributed by atoms with E-state index in [1.54, 1.807) is 0 Å². The van der Waals surface area contributed by atoms with Crippen molar-refractivity contribution in [3.05, 3.63) is 71.9 Å². The van der Waals surface area contributed by atoms with Gasteiger partial charge >= 0.3 is 0 Å². The molecule has 0 saturated heterocycles. The Hall–Kier alpha value is -2.68. The van der Waals surface area contributed by atoms with Gasteiger partial charge in [0.25, 0.3) is 0 Å². The van der Waals surface area contributed by atoms with Crippen LogP contribution in [-0.2, 0) is 10.3 Å².